The van der Waals surface area contributed by atoms with E-state index in [-0.39, 0.29) is 11.8 Å². The third kappa shape index (κ3) is 3.24. The molecule has 0 bridgehead atoms. The Balaban J connectivity index is 2.17. The molecule has 106 valence electrons. The van der Waals surface area contributed by atoms with Gasteiger partial charge in [-0.25, -0.2) is 0 Å². The van der Waals surface area contributed by atoms with E-state index in [0.717, 1.165) is 21.3 Å². The Kier molecular flexibility index (Phi) is 4.55. The van der Waals surface area contributed by atoms with Crippen molar-refractivity contribution < 1.29 is 9.59 Å². The van der Waals surface area contributed by atoms with Crippen molar-refractivity contribution in [1.82, 2.24) is 4.90 Å². The largest absolute Gasteiger partial charge is 0.322 e. The van der Waals surface area contributed by atoms with E-state index >= 15 is 0 Å². The van der Waals surface area contributed by atoms with Gasteiger partial charge in [0.2, 0.25) is 5.91 Å². The summed E-state index contributed by atoms with van der Waals surface area (Å²) in [6.45, 7) is 3.89. The molecule has 1 aromatic rings. The van der Waals surface area contributed by atoms with Crippen molar-refractivity contribution in [1.29, 1.82) is 0 Å². The molecule has 20 heavy (non-hydrogen) atoms. The maximum absolute atomic E-state index is 12.1. The number of aryl methyl sites for hydroxylation is 2. The molecule has 1 N–H and O–H groups in total. The topological polar surface area (TPSA) is 49.4 Å². The van der Waals surface area contributed by atoms with E-state index < -0.39 is 0 Å². The van der Waals surface area contributed by atoms with Crippen molar-refractivity contribution in [2.24, 2.45) is 0 Å². The van der Waals surface area contributed by atoms with Gasteiger partial charge in [0.1, 0.15) is 0 Å². The van der Waals surface area contributed by atoms with Crippen molar-refractivity contribution in [3.8, 4) is 0 Å². The first-order valence-electron chi connectivity index (χ1n) is 6.07. The predicted molar refractivity (Wildman–Crippen MR) is 85.6 cm³/mol. The van der Waals surface area contributed by atoms with E-state index in [1.807, 2.05) is 26.0 Å². The SMILES string of the molecule is Cc1cc(Br)cc(C)c1NC(=O)C=C1SCC(=O)N1C. The fourth-order valence-electron chi connectivity index (χ4n) is 1.97. The molecule has 1 aromatic carbocycles. The Morgan fingerprint density at radius 1 is 1.40 bits per heavy atom. The van der Waals surface area contributed by atoms with E-state index in [1.54, 1.807) is 7.05 Å². The molecule has 1 heterocycles. The van der Waals surface area contributed by atoms with Crippen molar-refractivity contribution in [2.75, 3.05) is 18.1 Å². The molecule has 1 saturated heterocycles. The van der Waals surface area contributed by atoms with Crippen LogP contribution in [0.1, 0.15) is 11.1 Å². The highest BCUT2D eigenvalue weighted by atomic mass is 79.9. The van der Waals surface area contributed by atoms with Crippen LogP contribution >= 0.6 is 27.7 Å². The molecule has 0 spiro atoms. The molecule has 0 atom stereocenters. The van der Waals surface area contributed by atoms with Gasteiger partial charge in [-0.15, -0.1) is 0 Å². The molecular weight excluding hydrogens is 340 g/mol. The van der Waals surface area contributed by atoms with Gasteiger partial charge in [-0.05, 0) is 37.1 Å². The zero-order valence-electron chi connectivity index (χ0n) is 11.5. The number of rotatable bonds is 2. The zero-order valence-corrected chi connectivity index (χ0v) is 13.9. The Labute approximate surface area is 130 Å². The summed E-state index contributed by atoms with van der Waals surface area (Å²) in [6.07, 6.45) is 1.47. The Morgan fingerprint density at radius 3 is 2.50 bits per heavy atom. The van der Waals surface area contributed by atoms with E-state index in [1.165, 1.54) is 22.7 Å². The second kappa shape index (κ2) is 6.01. The standard InChI is InChI=1S/C14H15BrN2O2S/c1-8-4-10(15)5-9(2)14(8)16-11(18)6-13-17(3)12(19)7-20-13/h4-6H,7H2,1-3H3,(H,16,18). The third-order valence-corrected chi connectivity index (χ3v) is 4.59. The van der Waals surface area contributed by atoms with Crippen LogP contribution in [0.2, 0.25) is 0 Å². The molecule has 0 aromatic heterocycles. The molecule has 4 nitrogen and oxygen atoms in total. The lowest BCUT2D eigenvalue weighted by molar-refractivity contribution is -0.124. The number of anilines is 1. The highest BCUT2D eigenvalue weighted by Crippen LogP contribution is 2.28. The zero-order chi connectivity index (χ0) is 14.9. The maximum atomic E-state index is 12.1. The molecule has 1 aliphatic heterocycles. The minimum Gasteiger partial charge on any atom is -0.322 e. The van der Waals surface area contributed by atoms with Crippen LogP contribution in [0.5, 0.6) is 0 Å². The van der Waals surface area contributed by atoms with Gasteiger partial charge < -0.3 is 10.2 Å². The van der Waals surface area contributed by atoms with Crippen molar-refractivity contribution >= 4 is 45.2 Å². The van der Waals surface area contributed by atoms with Crippen LogP contribution in [-0.2, 0) is 9.59 Å². The van der Waals surface area contributed by atoms with E-state index in [4.69, 9.17) is 0 Å². The quantitative estimate of drug-likeness (QED) is 0.830. The molecule has 0 radical (unpaired) electrons. The summed E-state index contributed by atoms with van der Waals surface area (Å²) in [4.78, 5) is 25.0. The first-order chi connectivity index (χ1) is 9.38. The number of nitrogens with one attached hydrogen (secondary N) is 1. The summed E-state index contributed by atoms with van der Waals surface area (Å²) < 4.78 is 0.987. The van der Waals surface area contributed by atoms with Crippen molar-refractivity contribution in [2.45, 2.75) is 13.8 Å². The Bertz CT molecular complexity index is 590. The number of thioether (sulfide) groups is 1. The molecule has 0 unspecified atom stereocenters. The normalized spacial score (nSPS) is 16.9. The van der Waals surface area contributed by atoms with E-state index in [2.05, 4.69) is 21.2 Å². The maximum Gasteiger partial charge on any atom is 0.251 e. The van der Waals surface area contributed by atoms with Gasteiger partial charge in [0, 0.05) is 23.3 Å². The van der Waals surface area contributed by atoms with Crippen LogP contribution in [0, 0.1) is 13.8 Å². The van der Waals surface area contributed by atoms with Gasteiger partial charge >= 0.3 is 0 Å². The minimum atomic E-state index is -0.220. The van der Waals surface area contributed by atoms with Gasteiger partial charge in [-0.1, -0.05) is 27.7 Å². The number of hydrogen-bond acceptors (Lipinski definition) is 3. The van der Waals surface area contributed by atoms with Crippen LogP contribution in [0.4, 0.5) is 5.69 Å². The molecule has 2 rings (SSSR count). The van der Waals surface area contributed by atoms with Crippen molar-refractivity contribution in [3.05, 3.63) is 38.8 Å². The van der Waals surface area contributed by atoms with Crippen molar-refractivity contribution in [3.63, 3.8) is 0 Å². The average Bonchev–Trinajstić information content (AvgIpc) is 2.66. The number of halogens is 1. The molecule has 1 aliphatic rings. The third-order valence-electron chi connectivity index (χ3n) is 3.05. The molecule has 0 aliphatic carbocycles. The lowest BCUT2D eigenvalue weighted by Crippen LogP contribution is -2.20. The number of carbonyl (C=O) groups is 2. The lowest BCUT2D eigenvalue weighted by atomic mass is 10.1. The van der Waals surface area contributed by atoms with Crippen LogP contribution < -0.4 is 5.32 Å². The minimum absolute atomic E-state index is 0.0186. The molecule has 1 fully saturated rings. The van der Waals surface area contributed by atoms with Gasteiger partial charge in [0.25, 0.3) is 5.91 Å². The van der Waals surface area contributed by atoms with Gasteiger partial charge in [-0.2, -0.15) is 0 Å². The van der Waals surface area contributed by atoms with Gasteiger partial charge in [0.15, 0.2) is 0 Å². The smallest absolute Gasteiger partial charge is 0.251 e. The number of nitrogens with zero attached hydrogens (tertiary/aromatic N) is 1. The number of benzene rings is 1. The molecule has 2 amide bonds. The number of carbonyl (C=O) groups excluding carboxylic acids is 2. The molecule has 0 saturated carbocycles. The summed E-state index contributed by atoms with van der Waals surface area (Å²) in [6, 6.07) is 3.91. The van der Waals surface area contributed by atoms with E-state index in [0.29, 0.717) is 10.8 Å². The first-order valence-corrected chi connectivity index (χ1v) is 7.85. The second-order valence-corrected chi connectivity index (χ2v) is 6.54. The van der Waals surface area contributed by atoms with Crippen LogP contribution in [0.25, 0.3) is 0 Å². The number of amides is 2. The Morgan fingerprint density at radius 2 is 2.00 bits per heavy atom. The fraction of sp³-hybridized carbons (Fsp3) is 0.286. The predicted octanol–water partition coefficient (Wildman–Crippen LogP) is 3.05. The summed E-state index contributed by atoms with van der Waals surface area (Å²) in [5, 5.41) is 3.56. The van der Waals surface area contributed by atoms with E-state index in [9.17, 15) is 9.59 Å². The summed E-state index contributed by atoms with van der Waals surface area (Å²) in [5.41, 5.74) is 2.80. The average molecular weight is 355 g/mol. The lowest BCUT2D eigenvalue weighted by Gasteiger charge is -2.12. The highest BCUT2D eigenvalue weighted by Gasteiger charge is 2.23. The van der Waals surface area contributed by atoms with Gasteiger partial charge in [-0.3, -0.25) is 9.59 Å². The first kappa shape index (κ1) is 15.1. The van der Waals surface area contributed by atoms with Crippen LogP contribution in [0.3, 0.4) is 0 Å². The van der Waals surface area contributed by atoms with Gasteiger partial charge in [0.05, 0.1) is 10.8 Å². The summed E-state index contributed by atoms with van der Waals surface area (Å²) >= 11 is 4.80. The summed E-state index contributed by atoms with van der Waals surface area (Å²) in [7, 11) is 1.68. The summed E-state index contributed by atoms with van der Waals surface area (Å²) in [5.74, 6) is 0.194. The second-order valence-electron chi connectivity index (χ2n) is 4.63. The fourth-order valence-corrected chi connectivity index (χ4v) is 3.61. The van der Waals surface area contributed by atoms with Crippen LogP contribution in [-0.4, -0.2) is 29.5 Å². The van der Waals surface area contributed by atoms with Crippen LogP contribution in [0.15, 0.2) is 27.7 Å². The highest BCUT2D eigenvalue weighted by molar-refractivity contribution is 9.10. The molecule has 6 heteroatoms. The Hall–Kier alpha value is -1.27. The number of hydrogen-bond donors (Lipinski definition) is 1. The molecular formula is C14H15BrN2O2S. The monoisotopic (exact) mass is 354 g/mol.